The minimum absolute atomic E-state index is 0.206. The Hall–Kier alpha value is -3.82. The number of rotatable bonds is 8. The summed E-state index contributed by atoms with van der Waals surface area (Å²) in [5.41, 5.74) is 4.72. The van der Waals surface area contributed by atoms with E-state index in [1.807, 2.05) is 24.3 Å². The Bertz CT molecular complexity index is 1330. The quantitative estimate of drug-likeness (QED) is 0.281. The Balaban J connectivity index is 1.34. The fraction of sp³-hybridized carbons (Fsp3) is 0.167. The topological polar surface area (TPSA) is 111 Å². The van der Waals surface area contributed by atoms with E-state index in [0.29, 0.717) is 27.9 Å². The van der Waals surface area contributed by atoms with Crippen LogP contribution in [-0.4, -0.2) is 51.4 Å². The monoisotopic (exact) mass is 510 g/mol. The highest BCUT2D eigenvalue weighted by molar-refractivity contribution is 6.35. The summed E-state index contributed by atoms with van der Waals surface area (Å²) in [5, 5.41) is 14.9. The maximum absolute atomic E-state index is 12.4. The van der Waals surface area contributed by atoms with Crippen molar-refractivity contribution < 1.29 is 14.3 Å². The fourth-order valence-electron chi connectivity index (χ4n) is 3.46. The number of carbonyl (C=O) groups excluding carboxylic acids is 2. The van der Waals surface area contributed by atoms with E-state index in [2.05, 4.69) is 25.8 Å². The molecule has 2 aromatic carbocycles. The van der Waals surface area contributed by atoms with Crippen LogP contribution in [0.2, 0.25) is 5.02 Å². The molecule has 0 radical (unpaired) electrons. The van der Waals surface area contributed by atoms with Gasteiger partial charge in [-0.3, -0.25) is 9.59 Å². The van der Waals surface area contributed by atoms with E-state index < -0.39 is 0 Å². The van der Waals surface area contributed by atoms with E-state index in [1.54, 1.807) is 24.3 Å². The van der Waals surface area contributed by atoms with Crippen LogP contribution in [0.5, 0.6) is 0 Å². The lowest BCUT2D eigenvalue weighted by Crippen LogP contribution is -2.27. The second kappa shape index (κ2) is 11.1. The highest BCUT2D eigenvalue weighted by Crippen LogP contribution is 2.31. The second-order valence-corrected chi connectivity index (χ2v) is 8.38. The first-order chi connectivity index (χ1) is 16.9. The van der Waals surface area contributed by atoms with E-state index in [9.17, 15) is 9.59 Å². The molecule has 178 valence electrons. The summed E-state index contributed by atoms with van der Waals surface area (Å²) in [6, 6.07) is 12.7. The zero-order valence-corrected chi connectivity index (χ0v) is 20.1. The van der Waals surface area contributed by atoms with Gasteiger partial charge in [-0.2, -0.15) is 4.68 Å². The Morgan fingerprint density at radius 3 is 2.69 bits per heavy atom. The molecule has 1 N–H and O–H groups in total. The number of aromatic nitrogens is 4. The van der Waals surface area contributed by atoms with Gasteiger partial charge in [0.2, 0.25) is 5.91 Å². The molecule has 0 spiro atoms. The van der Waals surface area contributed by atoms with Crippen molar-refractivity contribution in [3.63, 3.8) is 0 Å². The number of nitrogens with one attached hydrogen (secondary N) is 1. The van der Waals surface area contributed by atoms with Crippen LogP contribution in [0.1, 0.15) is 23.1 Å². The summed E-state index contributed by atoms with van der Waals surface area (Å²) in [5.74, 6) is -0.597. The van der Waals surface area contributed by atoms with Crippen molar-refractivity contribution in [3.05, 3.63) is 81.7 Å². The lowest BCUT2D eigenvalue weighted by Gasteiger charge is -2.07. The normalized spacial score (nSPS) is 13.3. The van der Waals surface area contributed by atoms with Gasteiger partial charge < -0.3 is 10.1 Å². The van der Waals surface area contributed by atoms with Crippen molar-refractivity contribution in [2.24, 2.45) is 4.99 Å². The van der Waals surface area contributed by atoms with E-state index in [4.69, 9.17) is 27.9 Å². The van der Waals surface area contributed by atoms with E-state index in [0.717, 1.165) is 22.4 Å². The highest BCUT2D eigenvalue weighted by Gasteiger charge is 2.18. The average molecular weight is 511 g/mol. The number of esters is 1. The van der Waals surface area contributed by atoms with Gasteiger partial charge in [-0.15, -0.1) is 5.10 Å². The summed E-state index contributed by atoms with van der Waals surface area (Å²) in [7, 11) is 1.36. The van der Waals surface area contributed by atoms with Crippen molar-refractivity contribution in [1.82, 2.24) is 25.5 Å². The van der Waals surface area contributed by atoms with Gasteiger partial charge in [0.1, 0.15) is 11.5 Å². The molecule has 0 saturated carbocycles. The molecule has 0 atom stereocenters. The van der Waals surface area contributed by atoms with Crippen molar-refractivity contribution in [2.45, 2.75) is 12.8 Å². The number of aliphatic imine (C=N–C) groups is 1. The van der Waals surface area contributed by atoms with Gasteiger partial charge in [-0.05, 0) is 45.8 Å². The summed E-state index contributed by atoms with van der Waals surface area (Å²) < 4.78 is 6.17. The number of benzene rings is 2. The Labute approximate surface area is 211 Å². The minimum atomic E-state index is -0.299. The molecule has 0 aliphatic carbocycles. The molecule has 0 unspecified atom stereocenters. The van der Waals surface area contributed by atoms with E-state index >= 15 is 0 Å². The second-order valence-electron chi connectivity index (χ2n) is 7.58. The largest absolute Gasteiger partial charge is 0.469 e. The Morgan fingerprint density at radius 2 is 1.97 bits per heavy atom. The van der Waals surface area contributed by atoms with Gasteiger partial charge in [0, 0.05) is 34.4 Å². The third-order valence-electron chi connectivity index (χ3n) is 5.23. The van der Waals surface area contributed by atoms with Crippen molar-refractivity contribution in [2.75, 3.05) is 13.7 Å². The third-order valence-corrected chi connectivity index (χ3v) is 5.78. The number of amides is 1. The molecule has 0 bridgehead atoms. The van der Waals surface area contributed by atoms with Crippen LogP contribution in [0.3, 0.4) is 0 Å². The lowest BCUT2D eigenvalue weighted by atomic mass is 10.0. The average Bonchev–Trinajstić information content (AvgIpc) is 3.52. The summed E-state index contributed by atoms with van der Waals surface area (Å²) >= 11 is 12.5. The number of methoxy groups -OCH3 is 1. The SMILES string of the molecule is COC(=O)Cc1ccc(C2=C(Cl)N=C(CNC(=O)/C=C/c3cc(Cl)ccc3-n3cnnn3)C2)cc1. The zero-order valence-electron chi connectivity index (χ0n) is 18.6. The first-order valence-corrected chi connectivity index (χ1v) is 11.3. The van der Waals surface area contributed by atoms with Gasteiger partial charge in [0.15, 0.2) is 0 Å². The molecule has 0 saturated heterocycles. The molecule has 11 heteroatoms. The van der Waals surface area contributed by atoms with Crippen molar-refractivity contribution in [1.29, 1.82) is 0 Å². The first kappa shape index (κ1) is 24.3. The fourth-order valence-corrected chi connectivity index (χ4v) is 3.94. The Kier molecular flexibility index (Phi) is 7.69. The number of tetrazole rings is 1. The van der Waals surface area contributed by atoms with Gasteiger partial charge in [-0.25, -0.2) is 4.99 Å². The molecule has 1 amide bonds. The van der Waals surface area contributed by atoms with Crippen LogP contribution in [0, 0.1) is 0 Å². The number of carbonyl (C=O) groups is 2. The molecule has 0 fully saturated rings. The number of allylic oxidation sites excluding steroid dienone is 1. The first-order valence-electron chi connectivity index (χ1n) is 10.5. The molecule has 35 heavy (non-hydrogen) atoms. The molecule has 1 aliphatic rings. The number of hydrogen-bond donors (Lipinski definition) is 1. The number of halogens is 2. The summed E-state index contributed by atoms with van der Waals surface area (Å²) in [6.45, 7) is 0.249. The molecule has 3 aromatic rings. The maximum Gasteiger partial charge on any atom is 0.309 e. The number of ether oxygens (including phenoxy) is 1. The van der Waals surface area contributed by atoms with Crippen LogP contribution < -0.4 is 5.32 Å². The predicted octanol–water partition coefficient (Wildman–Crippen LogP) is 3.61. The molecular formula is C24H20Cl2N6O3. The van der Waals surface area contributed by atoms with Gasteiger partial charge in [-0.1, -0.05) is 47.5 Å². The molecule has 4 rings (SSSR count). The Morgan fingerprint density at radius 1 is 1.17 bits per heavy atom. The molecule has 2 heterocycles. The summed E-state index contributed by atoms with van der Waals surface area (Å²) in [6.07, 6.45) is 5.22. The molecule has 9 nitrogen and oxygen atoms in total. The molecular weight excluding hydrogens is 491 g/mol. The third kappa shape index (κ3) is 6.20. The number of nitrogens with zero attached hydrogens (tertiary/aromatic N) is 5. The predicted molar refractivity (Wildman–Crippen MR) is 133 cm³/mol. The minimum Gasteiger partial charge on any atom is -0.469 e. The van der Waals surface area contributed by atoms with Crippen molar-refractivity contribution in [3.8, 4) is 5.69 Å². The highest BCUT2D eigenvalue weighted by atomic mass is 35.5. The van der Waals surface area contributed by atoms with E-state index in [1.165, 1.54) is 24.2 Å². The smallest absolute Gasteiger partial charge is 0.309 e. The van der Waals surface area contributed by atoms with Gasteiger partial charge >= 0.3 is 5.97 Å². The zero-order chi connectivity index (χ0) is 24.8. The van der Waals surface area contributed by atoms with Gasteiger partial charge in [0.25, 0.3) is 0 Å². The van der Waals surface area contributed by atoms with Crippen molar-refractivity contribution >= 4 is 52.4 Å². The standard InChI is InChI=1S/C24H20Cl2N6O3/c1-35-23(34)10-15-2-4-16(5-3-15)20-12-19(29-24(20)26)13-27-22(33)9-6-17-11-18(25)7-8-21(17)32-14-28-30-31-32/h2-9,11,14H,10,12-13H2,1H3,(H,27,33)/b9-6+. The van der Waals surface area contributed by atoms with Crippen LogP contribution in [0.15, 0.2) is 65.0 Å². The molecule has 1 aliphatic heterocycles. The van der Waals surface area contributed by atoms with Crippen LogP contribution >= 0.6 is 23.2 Å². The molecule has 1 aromatic heterocycles. The number of hydrogen-bond acceptors (Lipinski definition) is 7. The van der Waals surface area contributed by atoms with Crippen LogP contribution in [0.25, 0.3) is 17.3 Å². The maximum atomic E-state index is 12.4. The lowest BCUT2D eigenvalue weighted by molar-refractivity contribution is -0.139. The van der Waals surface area contributed by atoms with E-state index in [-0.39, 0.29) is 24.8 Å². The van der Waals surface area contributed by atoms with Crippen LogP contribution in [0.4, 0.5) is 0 Å². The summed E-state index contributed by atoms with van der Waals surface area (Å²) in [4.78, 5) is 28.2. The van der Waals surface area contributed by atoms with Gasteiger partial charge in [0.05, 0.1) is 25.8 Å². The van der Waals surface area contributed by atoms with Crippen LogP contribution in [-0.2, 0) is 20.7 Å².